The van der Waals surface area contributed by atoms with E-state index in [2.05, 4.69) is 16.0 Å². The summed E-state index contributed by atoms with van der Waals surface area (Å²) in [5, 5.41) is 1.08. The SMILES string of the molecule is [c]1cnc2cnccc2c1. The van der Waals surface area contributed by atoms with Crippen molar-refractivity contribution in [3.05, 3.63) is 36.8 Å². The Hall–Kier alpha value is -1.44. The van der Waals surface area contributed by atoms with Crippen molar-refractivity contribution in [3.63, 3.8) is 0 Å². The summed E-state index contributed by atoms with van der Waals surface area (Å²) in [6.45, 7) is 0. The minimum absolute atomic E-state index is 0.918. The Labute approximate surface area is 58.6 Å². The van der Waals surface area contributed by atoms with E-state index in [1.54, 1.807) is 18.6 Å². The van der Waals surface area contributed by atoms with Gasteiger partial charge in [0.05, 0.1) is 11.7 Å². The van der Waals surface area contributed by atoms with Crippen LogP contribution >= 0.6 is 0 Å². The summed E-state index contributed by atoms with van der Waals surface area (Å²) in [6.07, 6.45) is 5.13. The second-order valence-electron chi connectivity index (χ2n) is 2.00. The van der Waals surface area contributed by atoms with Crippen molar-refractivity contribution in [3.8, 4) is 0 Å². The van der Waals surface area contributed by atoms with Crippen molar-refractivity contribution in [2.24, 2.45) is 0 Å². The summed E-state index contributed by atoms with van der Waals surface area (Å²) >= 11 is 0. The van der Waals surface area contributed by atoms with Gasteiger partial charge < -0.3 is 0 Å². The fourth-order valence-corrected chi connectivity index (χ4v) is 0.861. The lowest BCUT2D eigenvalue weighted by Crippen LogP contribution is -1.77. The van der Waals surface area contributed by atoms with Gasteiger partial charge in [-0.15, -0.1) is 0 Å². The minimum atomic E-state index is 0.918. The van der Waals surface area contributed by atoms with Crippen molar-refractivity contribution < 1.29 is 0 Å². The van der Waals surface area contributed by atoms with Crippen LogP contribution in [-0.2, 0) is 0 Å². The summed E-state index contributed by atoms with van der Waals surface area (Å²) in [5.41, 5.74) is 0.918. The molecular formula is C8H5N2. The second-order valence-corrected chi connectivity index (χ2v) is 2.00. The highest BCUT2D eigenvalue weighted by Gasteiger charge is 1.87. The number of fused-ring (bicyclic) bond motifs is 1. The number of nitrogens with zero attached hydrogens (tertiary/aromatic N) is 2. The summed E-state index contributed by atoms with van der Waals surface area (Å²) in [6, 6.07) is 6.70. The van der Waals surface area contributed by atoms with E-state index in [9.17, 15) is 0 Å². The molecule has 2 heterocycles. The first-order valence-electron chi connectivity index (χ1n) is 3.02. The molecule has 47 valence electrons. The van der Waals surface area contributed by atoms with Gasteiger partial charge in [-0.1, -0.05) is 0 Å². The summed E-state index contributed by atoms with van der Waals surface area (Å²) in [7, 11) is 0. The molecule has 2 rings (SSSR count). The first kappa shape index (κ1) is 5.35. The molecule has 0 fully saturated rings. The van der Waals surface area contributed by atoms with E-state index in [0.717, 1.165) is 10.9 Å². The van der Waals surface area contributed by atoms with Crippen molar-refractivity contribution in [1.82, 2.24) is 9.97 Å². The molecule has 0 aliphatic carbocycles. The number of rotatable bonds is 0. The molecule has 10 heavy (non-hydrogen) atoms. The van der Waals surface area contributed by atoms with Crippen LogP contribution in [0.5, 0.6) is 0 Å². The third kappa shape index (κ3) is 0.739. The van der Waals surface area contributed by atoms with Gasteiger partial charge in [0.2, 0.25) is 0 Å². The van der Waals surface area contributed by atoms with E-state index in [1.807, 2.05) is 12.1 Å². The maximum absolute atomic E-state index is 4.06. The van der Waals surface area contributed by atoms with Crippen LogP contribution in [0.1, 0.15) is 0 Å². The Balaban J connectivity index is 2.89. The second kappa shape index (κ2) is 2.06. The topological polar surface area (TPSA) is 25.8 Å². The molecule has 0 saturated heterocycles. The fourth-order valence-electron chi connectivity index (χ4n) is 0.861. The average molecular weight is 129 g/mol. The molecule has 0 atom stereocenters. The zero-order valence-electron chi connectivity index (χ0n) is 5.28. The predicted molar refractivity (Wildman–Crippen MR) is 38.4 cm³/mol. The van der Waals surface area contributed by atoms with Crippen LogP contribution in [0.4, 0.5) is 0 Å². The number of hydrogen-bond donors (Lipinski definition) is 0. The Morgan fingerprint density at radius 1 is 1.40 bits per heavy atom. The molecule has 0 bridgehead atoms. The molecule has 0 spiro atoms. The van der Waals surface area contributed by atoms with E-state index < -0.39 is 0 Å². The van der Waals surface area contributed by atoms with Crippen LogP contribution in [0, 0.1) is 6.07 Å². The predicted octanol–water partition coefficient (Wildman–Crippen LogP) is 1.43. The van der Waals surface area contributed by atoms with Gasteiger partial charge in [0.1, 0.15) is 0 Å². The van der Waals surface area contributed by atoms with Crippen LogP contribution in [0.25, 0.3) is 10.9 Å². The Morgan fingerprint density at radius 3 is 3.30 bits per heavy atom. The monoisotopic (exact) mass is 129 g/mol. The van der Waals surface area contributed by atoms with Crippen LogP contribution in [0.2, 0.25) is 0 Å². The van der Waals surface area contributed by atoms with E-state index in [-0.39, 0.29) is 0 Å². The van der Waals surface area contributed by atoms with E-state index in [0.29, 0.717) is 0 Å². The highest BCUT2D eigenvalue weighted by atomic mass is 14.7. The van der Waals surface area contributed by atoms with Gasteiger partial charge in [0, 0.05) is 23.8 Å². The van der Waals surface area contributed by atoms with Crippen molar-refractivity contribution >= 4 is 10.9 Å². The number of hydrogen-bond acceptors (Lipinski definition) is 2. The summed E-state index contributed by atoms with van der Waals surface area (Å²) < 4.78 is 0. The first-order chi connectivity index (χ1) is 4.97. The Bertz CT molecular complexity index is 278. The molecule has 0 amide bonds. The molecule has 0 unspecified atom stereocenters. The largest absolute Gasteiger partial charge is 0.262 e. The lowest BCUT2D eigenvalue weighted by atomic mass is 10.3. The first-order valence-corrected chi connectivity index (χ1v) is 3.02. The molecule has 2 heteroatoms. The minimum Gasteiger partial charge on any atom is -0.262 e. The molecule has 1 radical (unpaired) electrons. The maximum atomic E-state index is 4.06. The van der Waals surface area contributed by atoms with Crippen LogP contribution in [-0.4, -0.2) is 9.97 Å². The third-order valence-electron chi connectivity index (χ3n) is 1.35. The zero-order chi connectivity index (χ0) is 6.81. The van der Waals surface area contributed by atoms with Gasteiger partial charge in [0.25, 0.3) is 0 Å². The molecule has 0 aromatic carbocycles. The number of aromatic nitrogens is 2. The molecular weight excluding hydrogens is 124 g/mol. The molecule has 2 nitrogen and oxygen atoms in total. The molecule has 2 aromatic heterocycles. The summed E-state index contributed by atoms with van der Waals surface area (Å²) in [4.78, 5) is 8.00. The van der Waals surface area contributed by atoms with Crippen molar-refractivity contribution in [2.75, 3.05) is 0 Å². The van der Waals surface area contributed by atoms with Gasteiger partial charge in [-0.25, -0.2) is 0 Å². The van der Waals surface area contributed by atoms with Gasteiger partial charge in [0.15, 0.2) is 0 Å². The lowest BCUT2D eigenvalue weighted by Gasteiger charge is -1.90. The molecule has 0 saturated carbocycles. The van der Waals surface area contributed by atoms with Crippen LogP contribution in [0.15, 0.2) is 30.7 Å². The summed E-state index contributed by atoms with van der Waals surface area (Å²) in [5.74, 6) is 0. The lowest BCUT2D eigenvalue weighted by molar-refractivity contribution is 1.31. The van der Waals surface area contributed by atoms with Gasteiger partial charge >= 0.3 is 0 Å². The normalized spacial score (nSPS) is 10.0. The molecule has 0 aliphatic rings. The average Bonchev–Trinajstić information content (AvgIpc) is 2.05. The van der Waals surface area contributed by atoms with Gasteiger partial charge in [-0.2, -0.15) is 0 Å². The van der Waals surface area contributed by atoms with Crippen LogP contribution in [0.3, 0.4) is 0 Å². The highest BCUT2D eigenvalue weighted by molar-refractivity contribution is 5.76. The quantitative estimate of drug-likeness (QED) is 0.537. The standard InChI is InChI=1S/C8H5N2/c1-2-7-3-5-9-6-8(7)10-4-1/h2-6H. The molecule has 2 aromatic rings. The maximum Gasteiger partial charge on any atom is 0.0885 e. The number of pyridine rings is 2. The Kier molecular flexibility index (Phi) is 1.10. The Morgan fingerprint density at radius 2 is 2.40 bits per heavy atom. The van der Waals surface area contributed by atoms with Crippen molar-refractivity contribution in [2.45, 2.75) is 0 Å². The third-order valence-corrected chi connectivity index (χ3v) is 1.35. The molecule has 0 aliphatic heterocycles. The zero-order valence-corrected chi connectivity index (χ0v) is 5.28. The van der Waals surface area contributed by atoms with E-state index >= 15 is 0 Å². The smallest absolute Gasteiger partial charge is 0.0885 e. The van der Waals surface area contributed by atoms with Gasteiger partial charge in [-0.3, -0.25) is 9.97 Å². The van der Waals surface area contributed by atoms with Crippen LogP contribution < -0.4 is 0 Å². The van der Waals surface area contributed by atoms with Gasteiger partial charge in [-0.05, 0) is 12.1 Å². The van der Waals surface area contributed by atoms with Crippen molar-refractivity contribution in [1.29, 1.82) is 0 Å². The van der Waals surface area contributed by atoms with E-state index in [1.165, 1.54) is 0 Å². The van der Waals surface area contributed by atoms with E-state index in [4.69, 9.17) is 0 Å². The fraction of sp³-hybridized carbons (Fsp3) is 0. The molecule has 0 N–H and O–H groups in total. The highest BCUT2D eigenvalue weighted by Crippen LogP contribution is 2.05.